The number of hydrogen-bond donors (Lipinski definition) is 3. The van der Waals surface area contributed by atoms with Crippen LogP contribution in [0.4, 0.5) is 0 Å². The fourth-order valence-corrected chi connectivity index (χ4v) is 5.37. The number of ether oxygens (including phenoxy) is 2. The SMILES string of the molecule is CCCCCNNC(=O)[C@@]1(Cc2ccccc2Br)N=C(c2ccc(OCCCO)cc2)O[C@H]1c1ccccc1CN=[N+]=[N-]. The quantitative estimate of drug-likeness (QED) is 0.0547. The molecule has 0 saturated carbocycles. The lowest BCUT2D eigenvalue weighted by molar-refractivity contribution is -0.130. The van der Waals surface area contributed by atoms with Gasteiger partial charge < -0.3 is 14.6 Å². The summed E-state index contributed by atoms with van der Waals surface area (Å²) in [5.74, 6) is 0.640. The van der Waals surface area contributed by atoms with Crippen LogP contribution in [0.2, 0.25) is 0 Å². The van der Waals surface area contributed by atoms with Crippen molar-refractivity contribution in [3.8, 4) is 5.75 Å². The summed E-state index contributed by atoms with van der Waals surface area (Å²) in [5.41, 5.74) is 16.7. The smallest absolute Gasteiger partial charge is 0.266 e. The molecule has 0 aromatic heterocycles. The molecule has 1 amide bonds. The lowest BCUT2D eigenvalue weighted by Crippen LogP contribution is -2.54. The second-order valence-corrected chi connectivity index (χ2v) is 11.1. The molecular formula is C32H37BrN6O4. The average molecular weight is 650 g/mol. The number of rotatable bonds is 16. The number of azide groups is 1. The van der Waals surface area contributed by atoms with E-state index in [4.69, 9.17) is 25.1 Å². The first kappa shape index (κ1) is 32.0. The van der Waals surface area contributed by atoms with E-state index in [2.05, 4.69) is 43.7 Å². The predicted octanol–water partition coefficient (Wildman–Crippen LogP) is 6.33. The molecular weight excluding hydrogens is 612 g/mol. The summed E-state index contributed by atoms with van der Waals surface area (Å²) in [4.78, 5) is 22.3. The maximum atomic E-state index is 14.3. The van der Waals surface area contributed by atoms with Crippen LogP contribution in [-0.4, -0.2) is 42.2 Å². The van der Waals surface area contributed by atoms with Crippen LogP contribution < -0.4 is 15.6 Å². The summed E-state index contributed by atoms with van der Waals surface area (Å²) in [6.07, 6.45) is 2.99. The number of carbonyl (C=O) groups is 1. The predicted molar refractivity (Wildman–Crippen MR) is 170 cm³/mol. The van der Waals surface area contributed by atoms with Crippen LogP contribution in [0.25, 0.3) is 10.4 Å². The van der Waals surface area contributed by atoms with Gasteiger partial charge in [-0.15, -0.1) is 0 Å². The van der Waals surface area contributed by atoms with Crippen LogP contribution in [0.5, 0.6) is 5.75 Å². The topological polar surface area (TPSA) is 141 Å². The fourth-order valence-electron chi connectivity index (χ4n) is 4.95. The zero-order chi connectivity index (χ0) is 30.5. The van der Waals surface area contributed by atoms with Crippen molar-refractivity contribution in [1.82, 2.24) is 10.9 Å². The molecule has 3 aromatic carbocycles. The minimum Gasteiger partial charge on any atom is -0.494 e. The lowest BCUT2D eigenvalue weighted by Gasteiger charge is -2.32. The van der Waals surface area contributed by atoms with Gasteiger partial charge in [0.1, 0.15) is 5.75 Å². The average Bonchev–Trinajstić information content (AvgIpc) is 3.42. The van der Waals surface area contributed by atoms with Crippen LogP contribution in [0.3, 0.4) is 0 Å². The molecule has 0 unspecified atom stereocenters. The molecule has 226 valence electrons. The molecule has 1 heterocycles. The van der Waals surface area contributed by atoms with Gasteiger partial charge in [0.05, 0.1) is 13.2 Å². The second kappa shape index (κ2) is 16.1. The molecule has 1 aliphatic heterocycles. The van der Waals surface area contributed by atoms with Gasteiger partial charge >= 0.3 is 0 Å². The molecule has 0 bridgehead atoms. The Morgan fingerprint density at radius 3 is 2.56 bits per heavy atom. The first-order chi connectivity index (χ1) is 21.0. The van der Waals surface area contributed by atoms with Crippen molar-refractivity contribution in [3.05, 3.63) is 110 Å². The highest BCUT2D eigenvalue weighted by molar-refractivity contribution is 9.10. The molecule has 2 atom stereocenters. The summed E-state index contributed by atoms with van der Waals surface area (Å²) >= 11 is 3.66. The molecule has 0 aliphatic carbocycles. The molecule has 0 spiro atoms. The third-order valence-electron chi connectivity index (χ3n) is 7.20. The zero-order valence-corrected chi connectivity index (χ0v) is 25.8. The number of nitrogens with zero attached hydrogens (tertiary/aromatic N) is 4. The Kier molecular flexibility index (Phi) is 12.0. The number of aliphatic imine (C=N–C) groups is 1. The van der Waals surface area contributed by atoms with Crippen molar-refractivity contribution >= 4 is 27.7 Å². The molecule has 10 nitrogen and oxygen atoms in total. The molecule has 11 heteroatoms. The number of carbonyl (C=O) groups excluding carboxylic acids is 1. The number of benzene rings is 3. The largest absolute Gasteiger partial charge is 0.494 e. The van der Waals surface area contributed by atoms with Crippen molar-refractivity contribution in [2.75, 3.05) is 19.8 Å². The van der Waals surface area contributed by atoms with Gasteiger partial charge in [-0.25, -0.2) is 10.4 Å². The standard InChI is InChI=1S/C32H37BrN6O4/c1-2-3-8-18-35-38-31(41)32(21-24-10-5-7-13-28(24)33)29(27-12-6-4-11-25(27)22-36-39-34)43-30(37-32)23-14-16-26(17-15-23)42-20-9-19-40/h4-7,10-17,29,35,40H,2-3,8-9,18-22H2,1H3,(H,38,41)/t29-,32-/m0/s1. The van der Waals surface area contributed by atoms with Crippen LogP contribution >= 0.6 is 15.9 Å². The monoisotopic (exact) mass is 648 g/mol. The van der Waals surface area contributed by atoms with E-state index in [0.717, 1.165) is 34.9 Å². The van der Waals surface area contributed by atoms with Gasteiger partial charge in [0, 0.05) is 40.9 Å². The number of aliphatic hydroxyl groups excluding tert-OH is 1. The Balaban J connectivity index is 1.79. The third-order valence-corrected chi connectivity index (χ3v) is 7.97. The molecule has 43 heavy (non-hydrogen) atoms. The number of hydrogen-bond acceptors (Lipinski definition) is 7. The number of amides is 1. The molecule has 1 aliphatic rings. The van der Waals surface area contributed by atoms with E-state index in [1.807, 2.05) is 72.8 Å². The zero-order valence-electron chi connectivity index (χ0n) is 24.2. The molecule has 4 rings (SSSR count). The van der Waals surface area contributed by atoms with E-state index >= 15 is 0 Å². The molecule has 3 N–H and O–H groups in total. The Labute approximate surface area is 260 Å². The number of aliphatic hydroxyl groups is 1. The maximum Gasteiger partial charge on any atom is 0.266 e. The van der Waals surface area contributed by atoms with Crippen LogP contribution in [0, 0.1) is 0 Å². The highest BCUT2D eigenvalue weighted by atomic mass is 79.9. The normalized spacial score (nSPS) is 17.5. The molecule has 0 radical (unpaired) electrons. The number of unbranched alkanes of at least 4 members (excludes halogenated alkanes) is 2. The van der Waals surface area contributed by atoms with Crippen LogP contribution in [0.1, 0.15) is 61.0 Å². The van der Waals surface area contributed by atoms with Crippen molar-refractivity contribution < 1.29 is 19.4 Å². The van der Waals surface area contributed by atoms with E-state index in [-0.39, 0.29) is 25.5 Å². The summed E-state index contributed by atoms with van der Waals surface area (Å²) in [6, 6.07) is 22.5. The molecule has 3 aromatic rings. The van der Waals surface area contributed by atoms with Gasteiger partial charge in [-0.05, 0) is 59.0 Å². The van der Waals surface area contributed by atoms with E-state index < -0.39 is 11.6 Å². The van der Waals surface area contributed by atoms with Gasteiger partial charge in [0.2, 0.25) is 5.90 Å². The van der Waals surface area contributed by atoms with E-state index in [9.17, 15) is 4.79 Å². The first-order valence-corrected chi connectivity index (χ1v) is 15.3. The van der Waals surface area contributed by atoms with Gasteiger partial charge in [-0.1, -0.05) is 83.3 Å². The van der Waals surface area contributed by atoms with Gasteiger partial charge in [-0.3, -0.25) is 10.2 Å². The van der Waals surface area contributed by atoms with E-state index in [1.165, 1.54) is 0 Å². The van der Waals surface area contributed by atoms with Crippen molar-refractivity contribution in [2.24, 2.45) is 10.1 Å². The summed E-state index contributed by atoms with van der Waals surface area (Å²) in [5, 5.41) is 12.8. The highest BCUT2D eigenvalue weighted by Gasteiger charge is 2.54. The summed E-state index contributed by atoms with van der Waals surface area (Å²) in [7, 11) is 0. The minimum absolute atomic E-state index is 0.0560. The maximum absolute atomic E-state index is 14.3. The van der Waals surface area contributed by atoms with E-state index in [1.54, 1.807) is 0 Å². The Morgan fingerprint density at radius 1 is 1.09 bits per heavy atom. The lowest BCUT2D eigenvalue weighted by atomic mass is 9.80. The number of nitrogens with one attached hydrogen (secondary N) is 2. The summed E-state index contributed by atoms with van der Waals surface area (Å²) in [6.45, 7) is 3.31. The van der Waals surface area contributed by atoms with Crippen molar-refractivity contribution in [1.29, 1.82) is 0 Å². The molecule has 0 saturated heterocycles. The van der Waals surface area contributed by atoms with Crippen molar-refractivity contribution in [3.63, 3.8) is 0 Å². The van der Waals surface area contributed by atoms with Crippen molar-refractivity contribution in [2.45, 2.75) is 57.2 Å². The fraction of sp³-hybridized carbons (Fsp3) is 0.375. The van der Waals surface area contributed by atoms with Gasteiger partial charge in [0.15, 0.2) is 11.6 Å². The van der Waals surface area contributed by atoms with E-state index in [0.29, 0.717) is 42.3 Å². The third kappa shape index (κ3) is 8.14. The second-order valence-electron chi connectivity index (χ2n) is 10.2. The Hall–Kier alpha value is -3.89. The molecule has 0 fully saturated rings. The Bertz CT molecular complexity index is 1440. The summed E-state index contributed by atoms with van der Waals surface area (Å²) < 4.78 is 13.2. The van der Waals surface area contributed by atoms with Crippen LogP contribution in [-0.2, 0) is 22.5 Å². The number of hydrazine groups is 1. The first-order valence-electron chi connectivity index (χ1n) is 14.5. The number of halogens is 1. The highest BCUT2D eigenvalue weighted by Crippen LogP contribution is 2.44. The Morgan fingerprint density at radius 2 is 1.84 bits per heavy atom. The minimum atomic E-state index is -1.40. The van der Waals surface area contributed by atoms with Gasteiger partial charge in [0.25, 0.3) is 5.91 Å². The van der Waals surface area contributed by atoms with Crippen LogP contribution in [0.15, 0.2) is 87.4 Å². The van der Waals surface area contributed by atoms with Gasteiger partial charge in [-0.2, -0.15) is 0 Å².